The van der Waals surface area contributed by atoms with Crippen molar-refractivity contribution in [1.82, 2.24) is 9.97 Å². The summed E-state index contributed by atoms with van der Waals surface area (Å²) >= 11 is 3.52. The van der Waals surface area contributed by atoms with E-state index in [1.54, 1.807) is 19.5 Å². The summed E-state index contributed by atoms with van der Waals surface area (Å²) in [5.41, 5.74) is 0.910. The van der Waals surface area contributed by atoms with Crippen LogP contribution in [0.15, 0.2) is 12.4 Å². The standard InChI is InChI=1S/C11H17BrN2O2/c1-3-4-16-11-7-13-6-10(14-11)5-9(12)8-15-2/h6-7,9H,3-5,8H2,1-2H3. The van der Waals surface area contributed by atoms with Crippen molar-refractivity contribution in [3.8, 4) is 5.88 Å². The van der Waals surface area contributed by atoms with E-state index >= 15 is 0 Å². The Kier molecular flexibility index (Phi) is 6.33. The smallest absolute Gasteiger partial charge is 0.232 e. The van der Waals surface area contributed by atoms with Crippen LogP contribution in [0.1, 0.15) is 19.0 Å². The highest BCUT2D eigenvalue weighted by Gasteiger charge is 2.07. The molecule has 0 bridgehead atoms. The Morgan fingerprint density at radius 3 is 2.94 bits per heavy atom. The van der Waals surface area contributed by atoms with Gasteiger partial charge in [0.05, 0.1) is 25.1 Å². The van der Waals surface area contributed by atoms with Crippen molar-refractivity contribution in [2.24, 2.45) is 0 Å². The van der Waals surface area contributed by atoms with Gasteiger partial charge in [0.15, 0.2) is 0 Å². The Balaban J connectivity index is 2.52. The largest absolute Gasteiger partial charge is 0.477 e. The minimum Gasteiger partial charge on any atom is -0.477 e. The van der Waals surface area contributed by atoms with Crippen LogP contribution in [-0.4, -0.2) is 35.1 Å². The zero-order valence-corrected chi connectivity index (χ0v) is 11.2. The quantitative estimate of drug-likeness (QED) is 0.722. The first kappa shape index (κ1) is 13.4. The normalized spacial score (nSPS) is 12.4. The highest BCUT2D eigenvalue weighted by Crippen LogP contribution is 2.11. The van der Waals surface area contributed by atoms with E-state index in [-0.39, 0.29) is 4.83 Å². The van der Waals surface area contributed by atoms with E-state index < -0.39 is 0 Å². The summed E-state index contributed by atoms with van der Waals surface area (Å²) in [6.45, 7) is 3.39. The number of alkyl halides is 1. The zero-order valence-electron chi connectivity index (χ0n) is 9.65. The van der Waals surface area contributed by atoms with Gasteiger partial charge in [-0.05, 0) is 6.42 Å². The average molecular weight is 289 g/mol. The number of aromatic nitrogens is 2. The Morgan fingerprint density at radius 1 is 1.44 bits per heavy atom. The number of ether oxygens (including phenoxy) is 2. The zero-order chi connectivity index (χ0) is 11.8. The molecule has 0 aliphatic heterocycles. The first-order valence-corrected chi connectivity index (χ1v) is 6.24. The molecule has 1 atom stereocenters. The second-order valence-corrected chi connectivity index (χ2v) is 4.75. The van der Waals surface area contributed by atoms with Gasteiger partial charge in [-0.15, -0.1) is 0 Å². The molecule has 4 nitrogen and oxygen atoms in total. The van der Waals surface area contributed by atoms with Gasteiger partial charge in [0.2, 0.25) is 5.88 Å². The molecule has 0 saturated heterocycles. The Hall–Kier alpha value is -0.680. The Morgan fingerprint density at radius 2 is 2.25 bits per heavy atom. The molecule has 1 heterocycles. The van der Waals surface area contributed by atoms with Crippen LogP contribution in [-0.2, 0) is 11.2 Å². The molecule has 0 spiro atoms. The Bertz CT molecular complexity index is 310. The Labute approximate surface area is 105 Å². The number of hydrogen-bond donors (Lipinski definition) is 0. The van der Waals surface area contributed by atoms with Crippen molar-refractivity contribution in [3.63, 3.8) is 0 Å². The lowest BCUT2D eigenvalue weighted by molar-refractivity contribution is 0.200. The third-order valence-corrected chi connectivity index (χ3v) is 2.48. The highest BCUT2D eigenvalue weighted by molar-refractivity contribution is 9.09. The molecule has 0 aromatic carbocycles. The van der Waals surface area contributed by atoms with Gasteiger partial charge in [-0.3, -0.25) is 4.98 Å². The molecule has 0 fully saturated rings. The van der Waals surface area contributed by atoms with Gasteiger partial charge in [0, 0.05) is 24.6 Å². The number of hydrogen-bond acceptors (Lipinski definition) is 4. The molecule has 0 aliphatic carbocycles. The van der Waals surface area contributed by atoms with E-state index in [9.17, 15) is 0 Å². The first-order chi connectivity index (χ1) is 7.76. The number of rotatable bonds is 7. The van der Waals surface area contributed by atoms with Crippen LogP contribution in [0.5, 0.6) is 5.88 Å². The van der Waals surface area contributed by atoms with Crippen LogP contribution in [0.2, 0.25) is 0 Å². The highest BCUT2D eigenvalue weighted by atomic mass is 79.9. The summed E-state index contributed by atoms with van der Waals surface area (Å²) in [6.07, 6.45) is 5.14. The first-order valence-electron chi connectivity index (χ1n) is 5.33. The molecule has 5 heteroatoms. The van der Waals surface area contributed by atoms with Crippen LogP contribution in [0, 0.1) is 0 Å². The molecule has 1 aromatic rings. The minimum absolute atomic E-state index is 0.258. The molecule has 0 amide bonds. The van der Waals surface area contributed by atoms with Gasteiger partial charge in [0.1, 0.15) is 0 Å². The third-order valence-electron chi connectivity index (χ3n) is 1.89. The topological polar surface area (TPSA) is 44.2 Å². The molecule has 0 aliphatic rings. The molecular weight excluding hydrogens is 272 g/mol. The molecule has 0 radical (unpaired) electrons. The molecule has 90 valence electrons. The molecule has 16 heavy (non-hydrogen) atoms. The summed E-state index contributed by atoms with van der Waals surface area (Å²) in [6, 6.07) is 0. The van der Waals surface area contributed by atoms with E-state index in [4.69, 9.17) is 9.47 Å². The van der Waals surface area contributed by atoms with Crippen molar-refractivity contribution >= 4 is 15.9 Å². The monoisotopic (exact) mass is 288 g/mol. The van der Waals surface area contributed by atoms with Gasteiger partial charge in [-0.2, -0.15) is 0 Å². The molecule has 1 unspecified atom stereocenters. The minimum atomic E-state index is 0.258. The lowest BCUT2D eigenvalue weighted by atomic mass is 10.2. The predicted octanol–water partition coefficient (Wildman–Crippen LogP) is 2.22. The summed E-state index contributed by atoms with van der Waals surface area (Å²) < 4.78 is 10.5. The average Bonchev–Trinajstić information content (AvgIpc) is 2.27. The van der Waals surface area contributed by atoms with Gasteiger partial charge in [-0.25, -0.2) is 4.98 Å². The molecule has 0 N–H and O–H groups in total. The number of nitrogens with zero attached hydrogens (tertiary/aromatic N) is 2. The maximum atomic E-state index is 5.42. The lowest BCUT2D eigenvalue weighted by Crippen LogP contribution is -2.11. The van der Waals surface area contributed by atoms with Crippen LogP contribution in [0.25, 0.3) is 0 Å². The second-order valence-electron chi connectivity index (χ2n) is 3.45. The number of methoxy groups -OCH3 is 1. The van der Waals surface area contributed by atoms with E-state index in [2.05, 4.69) is 32.8 Å². The van der Waals surface area contributed by atoms with E-state index in [1.807, 2.05) is 0 Å². The van der Waals surface area contributed by atoms with Gasteiger partial charge < -0.3 is 9.47 Å². The summed E-state index contributed by atoms with van der Waals surface area (Å²) in [5, 5.41) is 0. The van der Waals surface area contributed by atoms with Crippen molar-refractivity contribution in [1.29, 1.82) is 0 Å². The SMILES string of the molecule is CCCOc1cncc(CC(Br)COC)n1. The van der Waals surface area contributed by atoms with Crippen LogP contribution < -0.4 is 4.74 Å². The van der Waals surface area contributed by atoms with E-state index in [1.165, 1.54) is 0 Å². The predicted molar refractivity (Wildman–Crippen MR) is 66.1 cm³/mol. The van der Waals surface area contributed by atoms with Crippen LogP contribution in [0.3, 0.4) is 0 Å². The maximum Gasteiger partial charge on any atom is 0.232 e. The van der Waals surface area contributed by atoms with Gasteiger partial charge in [-0.1, -0.05) is 22.9 Å². The fourth-order valence-corrected chi connectivity index (χ4v) is 1.82. The number of halogens is 1. The maximum absolute atomic E-state index is 5.42. The third kappa shape index (κ3) is 4.90. The fourth-order valence-electron chi connectivity index (χ4n) is 1.23. The van der Waals surface area contributed by atoms with Crippen LogP contribution >= 0.6 is 15.9 Å². The lowest BCUT2D eigenvalue weighted by Gasteiger charge is -2.08. The van der Waals surface area contributed by atoms with Crippen molar-refractivity contribution in [3.05, 3.63) is 18.1 Å². The van der Waals surface area contributed by atoms with E-state index in [0.717, 1.165) is 18.5 Å². The molecule has 1 aromatic heterocycles. The summed E-state index contributed by atoms with van der Waals surface area (Å²) in [4.78, 5) is 8.72. The fraction of sp³-hybridized carbons (Fsp3) is 0.636. The van der Waals surface area contributed by atoms with Gasteiger partial charge >= 0.3 is 0 Å². The summed E-state index contributed by atoms with van der Waals surface area (Å²) in [7, 11) is 1.68. The van der Waals surface area contributed by atoms with Crippen LogP contribution in [0.4, 0.5) is 0 Å². The van der Waals surface area contributed by atoms with Crippen molar-refractivity contribution in [2.45, 2.75) is 24.6 Å². The molecule has 1 rings (SSSR count). The van der Waals surface area contributed by atoms with Gasteiger partial charge in [0.25, 0.3) is 0 Å². The second kappa shape index (κ2) is 7.57. The van der Waals surface area contributed by atoms with Crippen molar-refractivity contribution < 1.29 is 9.47 Å². The van der Waals surface area contributed by atoms with E-state index in [0.29, 0.717) is 19.1 Å². The summed E-state index contributed by atoms with van der Waals surface area (Å²) in [5.74, 6) is 0.594. The molecular formula is C11H17BrN2O2. The van der Waals surface area contributed by atoms with Crippen molar-refractivity contribution in [2.75, 3.05) is 20.3 Å². The molecule has 0 saturated carbocycles.